The zero-order chi connectivity index (χ0) is 39.7. The highest BCUT2D eigenvalue weighted by atomic mass is 16.5. The van der Waals surface area contributed by atoms with Crippen LogP contribution in [0.15, 0.2) is 60.9 Å². The van der Waals surface area contributed by atoms with Crippen molar-refractivity contribution < 1.29 is 28.7 Å². The van der Waals surface area contributed by atoms with Crippen molar-refractivity contribution in [1.29, 1.82) is 0 Å². The summed E-state index contributed by atoms with van der Waals surface area (Å²) in [5.41, 5.74) is 5.30. The molecule has 296 valence electrons. The molecule has 4 amide bonds. The second-order valence-electron chi connectivity index (χ2n) is 16.0. The molecule has 2 aromatic carbocycles. The van der Waals surface area contributed by atoms with Gasteiger partial charge < -0.3 is 39.9 Å². The average molecular weight is 765 g/mol. The van der Waals surface area contributed by atoms with Gasteiger partial charge in [0, 0.05) is 13.1 Å². The molecule has 5 atom stereocenters. The number of aromatic amines is 2. The van der Waals surface area contributed by atoms with Crippen LogP contribution in [0.2, 0.25) is 0 Å². The molecule has 1 saturated carbocycles. The lowest BCUT2D eigenvalue weighted by atomic mass is 9.93. The summed E-state index contributed by atoms with van der Waals surface area (Å²) in [5, 5.41) is 5.44. The summed E-state index contributed by atoms with van der Waals surface area (Å²) in [4.78, 5) is 71.7. The summed E-state index contributed by atoms with van der Waals surface area (Å²) in [6.07, 6.45) is 6.74. The van der Waals surface area contributed by atoms with Crippen LogP contribution in [0, 0.1) is 17.8 Å². The van der Waals surface area contributed by atoms with Crippen molar-refractivity contribution in [2.24, 2.45) is 17.8 Å². The van der Waals surface area contributed by atoms with Gasteiger partial charge in [0.25, 0.3) is 0 Å². The van der Waals surface area contributed by atoms with E-state index in [1.54, 1.807) is 6.20 Å². The van der Waals surface area contributed by atoms with Gasteiger partial charge >= 0.3 is 12.2 Å². The first-order valence-corrected chi connectivity index (χ1v) is 19.5. The highest BCUT2D eigenvalue weighted by Crippen LogP contribution is 2.52. The van der Waals surface area contributed by atoms with Gasteiger partial charge in [0.2, 0.25) is 11.8 Å². The van der Waals surface area contributed by atoms with Crippen molar-refractivity contribution in [3.63, 3.8) is 0 Å². The van der Waals surface area contributed by atoms with E-state index in [9.17, 15) is 19.2 Å². The molecule has 2 bridgehead atoms. The molecule has 1 aliphatic carbocycles. The Labute approximate surface area is 327 Å². The average Bonchev–Trinajstić information content (AvgIpc) is 4.06. The van der Waals surface area contributed by atoms with E-state index < -0.39 is 29.8 Å². The normalized spacial score (nSPS) is 21.4. The topological polar surface area (TPSA) is 175 Å². The number of methoxy groups -OCH3 is 2. The molecule has 4 heterocycles. The first-order valence-electron chi connectivity index (χ1n) is 19.5. The van der Waals surface area contributed by atoms with Crippen molar-refractivity contribution in [3.05, 3.63) is 72.6 Å². The summed E-state index contributed by atoms with van der Waals surface area (Å²) < 4.78 is 9.57. The molecule has 2 aliphatic heterocycles. The third-order valence-corrected chi connectivity index (χ3v) is 11.8. The number of fused-ring (bicyclic) bond motifs is 2. The van der Waals surface area contributed by atoms with Crippen LogP contribution in [0.1, 0.15) is 77.5 Å². The lowest BCUT2D eigenvalue weighted by Gasteiger charge is -2.40. The van der Waals surface area contributed by atoms with Crippen molar-refractivity contribution in [2.45, 2.75) is 83.5 Å². The number of benzene rings is 2. The largest absolute Gasteiger partial charge is 0.453 e. The van der Waals surface area contributed by atoms with Crippen LogP contribution >= 0.6 is 0 Å². The van der Waals surface area contributed by atoms with Crippen LogP contribution in [-0.2, 0) is 24.6 Å². The summed E-state index contributed by atoms with van der Waals surface area (Å²) in [7, 11) is 2.59. The predicted molar refractivity (Wildman–Crippen MR) is 210 cm³/mol. The van der Waals surface area contributed by atoms with Crippen LogP contribution in [0.4, 0.5) is 9.59 Å². The SMILES string of the molecule is COC(=O)NC(C(=O)N1CCCC1c1ncc(-c2ccc(-c3ccc(-c4cnc(C56CCC(CN5C(=O)C(NC(=O)OC)C(C)C)C6)[nH]4)cc3)cc2)[nH]1)C(C)C. The fourth-order valence-corrected chi connectivity index (χ4v) is 8.70. The third-order valence-electron chi connectivity index (χ3n) is 11.8. The van der Waals surface area contributed by atoms with Crippen molar-refractivity contribution in [3.8, 4) is 33.6 Å². The van der Waals surface area contributed by atoms with Crippen LogP contribution in [0.5, 0.6) is 0 Å². The van der Waals surface area contributed by atoms with Gasteiger partial charge in [-0.05, 0) is 72.1 Å². The van der Waals surface area contributed by atoms with Gasteiger partial charge in [-0.1, -0.05) is 76.2 Å². The minimum absolute atomic E-state index is 0.104. The van der Waals surface area contributed by atoms with E-state index in [1.165, 1.54) is 14.2 Å². The van der Waals surface area contributed by atoms with E-state index >= 15 is 0 Å². The number of amides is 4. The fraction of sp³-hybridized carbons (Fsp3) is 0.476. The number of imidazole rings is 2. The van der Waals surface area contributed by atoms with Gasteiger partial charge in [-0.2, -0.15) is 0 Å². The number of likely N-dealkylation sites (tertiary alicyclic amines) is 2. The molecule has 14 nitrogen and oxygen atoms in total. The lowest BCUT2D eigenvalue weighted by Crippen LogP contribution is -2.56. The Bertz CT molecular complexity index is 2060. The van der Waals surface area contributed by atoms with E-state index in [0.29, 0.717) is 19.0 Å². The van der Waals surface area contributed by atoms with E-state index in [-0.39, 0.29) is 29.7 Å². The molecular formula is C42H52N8O6. The number of rotatable bonds is 11. The fourth-order valence-electron chi connectivity index (χ4n) is 8.70. The Balaban J connectivity index is 1.03. The monoisotopic (exact) mass is 764 g/mol. The summed E-state index contributed by atoms with van der Waals surface area (Å²) in [6, 6.07) is 15.0. The number of ether oxygens (including phenoxy) is 2. The molecule has 3 aliphatic rings. The van der Waals surface area contributed by atoms with Crippen molar-refractivity contribution >= 4 is 24.0 Å². The maximum Gasteiger partial charge on any atom is 0.407 e. The molecule has 3 fully saturated rings. The number of hydrogen-bond acceptors (Lipinski definition) is 8. The molecule has 0 spiro atoms. The number of carbonyl (C=O) groups is 4. The zero-order valence-corrected chi connectivity index (χ0v) is 32.9. The first-order chi connectivity index (χ1) is 26.9. The Morgan fingerprint density at radius 3 is 1.84 bits per heavy atom. The van der Waals surface area contributed by atoms with Crippen molar-refractivity contribution in [2.75, 3.05) is 27.3 Å². The van der Waals surface area contributed by atoms with Crippen LogP contribution in [0.25, 0.3) is 33.6 Å². The molecule has 4 N–H and O–H groups in total. The van der Waals surface area contributed by atoms with Crippen LogP contribution in [-0.4, -0.2) is 93.1 Å². The molecule has 14 heteroatoms. The smallest absolute Gasteiger partial charge is 0.407 e. The number of alkyl carbamates (subject to hydrolysis) is 2. The van der Waals surface area contributed by atoms with Crippen molar-refractivity contribution in [1.82, 2.24) is 40.4 Å². The summed E-state index contributed by atoms with van der Waals surface area (Å²) in [5.74, 6) is 1.45. The summed E-state index contributed by atoms with van der Waals surface area (Å²) >= 11 is 0. The Hall–Kier alpha value is -5.66. The molecule has 2 aromatic heterocycles. The predicted octanol–water partition coefficient (Wildman–Crippen LogP) is 6.40. The van der Waals surface area contributed by atoms with E-state index in [0.717, 1.165) is 77.4 Å². The Kier molecular flexibility index (Phi) is 10.9. The van der Waals surface area contributed by atoms with Gasteiger partial charge in [-0.3, -0.25) is 9.59 Å². The molecule has 4 aromatic rings. The minimum Gasteiger partial charge on any atom is -0.453 e. The lowest BCUT2D eigenvalue weighted by molar-refractivity contribution is -0.140. The number of nitrogens with one attached hydrogen (secondary N) is 4. The molecule has 7 rings (SSSR count). The number of piperidine rings is 1. The standard InChI is InChI=1S/C42H52N8O6/c1-24(2)34(47-40(53)55-5)37(51)49-19-7-8-33(49)36-43-21-31(45-36)29-13-9-27(10-14-29)28-11-15-30(16-12-28)32-22-44-39(46-32)42-18-17-26(20-42)23-50(42)38(52)35(25(3)4)48-41(54)56-6/h9-16,21-22,24-26,33-35H,7-8,17-20,23H2,1-6H3,(H,43,45)(H,44,46)(H,47,53)(H,48,54). The minimum atomic E-state index is -0.687. The second kappa shape index (κ2) is 15.8. The second-order valence-corrected chi connectivity index (χ2v) is 16.0. The Morgan fingerprint density at radius 2 is 1.29 bits per heavy atom. The molecule has 2 saturated heterocycles. The van der Waals surface area contributed by atoms with Gasteiger partial charge in [-0.15, -0.1) is 0 Å². The molecular weight excluding hydrogens is 713 g/mol. The maximum atomic E-state index is 13.9. The Morgan fingerprint density at radius 1 is 0.750 bits per heavy atom. The molecule has 56 heavy (non-hydrogen) atoms. The number of carbonyl (C=O) groups excluding carboxylic acids is 4. The third kappa shape index (κ3) is 7.36. The van der Waals surface area contributed by atoms with E-state index in [4.69, 9.17) is 14.5 Å². The van der Waals surface area contributed by atoms with Gasteiger partial charge in [-0.25, -0.2) is 19.6 Å². The maximum absolute atomic E-state index is 13.9. The van der Waals surface area contributed by atoms with Gasteiger partial charge in [0.1, 0.15) is 29.3 Å². The molecule has 0 radical (unpaired) electrons. The first kappa shape index (κ1) is 38.6. The highest BCUT2D eigenvalue weighted by Gasteiger charge is 2.56. The quantitative estimate of drug-likeness (QED) is 0.136. The van der Waals surface area contributed by atoms with E-state index in [2.05, 4.69) is 74.1 Å². The molecule has 5 unspecified atom stereocenters. The number of hydrogen-bond donors (Lipinski definition) is 4. The number of aromatic nitrogens is 4. The zero-order valence-electron chi connectivity index (χ0n) is 32.9. The summed E-state index contributed by atoms with van der Waals surface area (Å²) in [6.45, 7) is 8.89. The van der Waals surface area contributed by atoms with Gasteiger partial charge in [0.15, 0.2) is 0 Å². The van der Waals surface area contributed by atoms with Crippen LogP contribution < -0.4 is 10.6 Å². The number of H-pyrrole nitrogens is 2. The van der Waals surface area contributed by atoms with E-state index in [1.807, 2.05) is 43.7 Å². The van der Waals surface area contributed by atoms with Crippen LogP contribution in [0.3, 0.4) is 0 Å². The highest BCUT2D eigenvalue weighted by molar-refractivity contribution is 5.87. The number of nitrogens with zero attached hydrogens (tertiary/aromatic N) is 4. The van der Waals surface area contributed by atoms with Gasteiger partial charge in [0.05, 0.1) is 44.0 Å².